The van der Waals surface area contributed by atoms with Crippen LogP contribution >= 0.6 is 0 Å². The van der Waals surface area contributed by atoms with Gasteiger partial charge < -0.3 is 19.5 Å². The standard InChI is InChI=1S/C15H25NO3/c1-5-16-14(15(18-6-2)19-7-3)12-10-8-9-11-13(12)17-4/h8-11,14-16H,5-7H2,1-4H3. The molecule has 0 aliphatic carbocycles. The number of hydrogen-bond donors (Lipinski definition) is 1. The van der Waals surface area contributed by atoms with Crippen molar-refractivity contribution in [2.24, 2.45) is 0 Å². The average molecular weight is 267 g/mol. The third-order valence-electron chi connectivity index (χ3n) is 2.83. The predicted molar refractivity (Wildman–Crippen MR) is 76.5 cm³/mol. The number of hydrogen-bond acceptors (Lipinski definition) is 4. The predicted octanol–water partition coefficient (Wildman–Crippen LogP) is 2.74. The average Bonchev–Trinajstić information content (AvgIpc) is 2.44. The van der Waals surface area contributed by atoms with E-state index in [0.29, 0.717) is 13.2 Å². The van der Waals surface area contributed by atoms with Gasteiger partial charge in [-0.25, -0.2) is 0 Å². The first-order valence-corrected chi connectivity index (χ1v) is 6.87. The molecule has 108 valence electrons. The molecule has 0 radical (unpaired) electrons. The van der Waals surface area contributed by atoms with Crippen LogP contribution in [0.15, 0.2) is 24.3 Å². The maximum Gasteiger partial charge on any atom is 0.176 e. The van der Waals surface area contributed by atoms with Gasteiger partial charge in [-0.2, -0.15) is 0 Å². The zero-order chi connectivity index (χ0) is 14.1. The SMILES string of the molecule is CCNC(c1ccccc1OC)C(OCC)OCC. The summed E-state index contributed by atoms with van der Waals surface area (Å²) >= 11 is 0. The molecule has 1 atom stereocenters. The molecular formula is C15H25NO3. The molecule has 4 nitrogen and oxygen atoms in total. The summed E-state index contributed by atoms with van der Waals surface area (Å²) in [4.78, 5) is 0. The van der Waals surface area contributed by atoms with Gasteiger partial charge in [-0.05, 0) is 26.5 Å². The highest BCUT2D eigenvalue weighted by Gasteiger charge is 2.25. The summed E-state index contributed by atoms with van der Waals surface area (Å²) in [5, 5.41) is 3.41. The van der Waals surface area contributed by atoms with Gasteiger partial charge in [0.25, 0.3) is 0 Å². The topological polar surface area (TPSA) is 39.7 Å². The van der Waals surface area contributed by atoms with Gasteiger partial charge in [0.1, 0.15) is 5.75 Å². The lowest BCUT2D eigenvalue weighted by Crippen LogP contribution is -2.36. The number of methoxy groups -OCH3 is 1. The summed E-state index contributed by atoms with van der Waals surface area (Å²) in [5.41, 5.74) is 1.05. The molecule has 1 unspecified atom stereocenters. The minimum absolute atomic E-state index is 0.0407. The van der Waals surface area contributed by atoms with Crippen molar-refractivity contribution in [1.82, 2.24) is 5.32 Å². The summed E-state index contributed by atoms with van der Waals surface area (Å²) in [6.07, 6.45) is -0.314. The van der Waals surface area contributed by atoms with Crippen LogP contribution in [-0.4, -0.2) is 33.2 Å². The normalized spacial score (nSPS) is 12.7. The lowest BCUT2D eigenvalue weighted by molar-refractivity contribution is -0.155. The fourth-order valence-corrected chi connectivity index (χ4v) is 2.07. The number of likely N-dealkylation sites (N-methyl/N-ethyl adjacent to an activating group) is 1. The van der Waals surface area contributed by atoms with Crippen LogP contribution < -0.4 is 10.1 Å². The number of ether oxygens (including phenoxy) is 3. The van der Waals surface area contributed by atoms with E-state index in [-0.39, 0.29) is 12.3 Å². The second kappa shape index (κ2) is 8.91. The molecule has 0 heterocycles. The molecule has 0 bridgehead atoms. The molecule has 0 aliphatic rings. The lowest BCUT2D eigenvalue weighted by Gasteiger charge is -2.28. The molecule has 19 heavy (non-hydrogen) atoms. The van der Waals surface area contributed by atoms with Gasteiger partial charge in [0.2, 0.25) is 0 Å². The number of nitrogens with one attached hydrogen (secondary N) is 1. The fourth-order valence-electron chi connectivity index (χ4n) is 2.07. The number of rotatable bonds is 9. The van der Waals surface area contributed by atoms with Gasteiger partial charge in [0.15, 0.2) is 6.29 Å². The maximum atomic E-state index is 5.71. The summed E-state index contributed by atoms with van der Waals surface area (Å²) in [6, 6.07) is 7.91. The molecule has 0 aromatic heterocycles. The van der Waals surface area contributed by atoms with Crippen LogP contribution in [0, 0.1) is 0 Å². The van der Waals surface area contributed by atoms with E-state index in [2.05, 4.69) is 12.2 Å². The van der Waals surface area contributed by atoms with Crippen LogP contribution in [0.4, 0.5) is 0 Å². The molecule has 0 amide bonds. The van der Waals surface area contributed by atoms with Crippen LogP contribution in [0.3, 0.4) is 0 Å². The van der Waals surface area contributed by atoms with Crippen molar-refractivity contribution in [3.05, 3.63) is 29.8 Å². The second-order valence-corrected chi connectivity index (χ2v) is 4.06. The van der Waals surface area contributed by atoms with E-state index < -0.39 is 0 Å². The van der Waals surface area contributed by atoms with Crippen molar-refractivity contribution >= 4 is 0 Å². The van der Waals surface area contributed by atoms with Gasteiger partial charge in [-0.3, -0.25) is 0 Å². The Balaban J connectivity index is 3.02. The monoisotopic (exact) mass is 267 g/mol. The molecule has 1 N–H and O–H groups in total. The molecule has 0 fully saturated rings. The lowest BCUT2D eigenvalue weighted by atomic mass is 10.0. The Morgan fingerprint density at radius 2 is 1.68 bits per heavy atom. The Hall–Kier alpha value is -1.10. The Kier molecular flexibility index (Phi) is 7.48. The number of benzene rings is 1. The van der Waals surface area contributed by atoms with Crippen LogP contribution in [-0.2, 0) is 9.47 Å². The van der Waals surface area contributed by atoms with Crippen molar-refractivity contribution in [2.45, 2.75) is 33.1 Å². The molecule has 0 saturated heterocycles. The van der Waals surface area contributed by atoms with Crippen molar-refractivity contribution in [3.63, 3.8) is 0 Å². The molecular weight excluding hydrogens is 242 g/mol. The number of para-hydroxylation sites is 1. The van der Waals surface area contributed by atoms with E-state index in [9.17, 15) is 0 Å². The smallest absolute Gasteiger partial charge is 0.176 e. The van der Waals surface area contributed by atoms with Crippen LogP contribution in [0.2, 0.25) is 0 Å². The van der Waals surface area contributed by atoms with Crippen molar-refractivity contribution in [1.29, 1.82) is 0 Å². The zero-order valence-corrected chi connectivity index (χ0v) is 12.3. The van der Waals surface area contributed by atoms with E-state index in [1.807, 2.05) is 38.1 Å². The Bertz CT molecular complexity index is 351. The van der Waals surface area contributed by atoms with E-state index in [0.717, 1.165) is 17.9 Å². The first-order valence-electron chi connectivity index (χ1n) is 6.87. The Morgan fingerprint density at radius 3 is 2.21 bits per heavy atom. The Morgan fingerprint density at radius 1 is 1.05 bits per heavy atom. The van der Waals surface area contributed by atoms with E-state index >= 15 is 0 Å². The quantitative estimate of drug-likeness (QED) is 0.698. The molecule has 1 aromatic carbocycles. The summed E-state index contributed by atoms with van der Waals surface area (Å²) < 4.78 is 16.8. The van der Waals surface area contributed by atoms with E-state index in [4.69, 9.17) is 14.2 Å². The van der Waals surface area contributed by atoms with Gasteiger partial charge >= 0.3 is 0 Å². The van der Waals surface area contributed by atoms with Gasteiger partial charge in [-0.15, -0.1) is 0 Å². The van der Waals surface area contributed by atoms with Gasteiger partial charge in [0.05, 0.1) is 13.2 Å². The zero-order valence-electron chi connectivity index (χ0n) is 12.3. The first kappa shape index (κ1) is 16.0. The summed E-state index contributed by atoms with van der Waals surface area (Å²) in [7, 11) is 1.68. The minimum atomic E-state index is -0.314. The molecule has 0 aliphatic heterocycles. The molecule has 0 saturated carbocycles. The van der Waals surface area contributed by atoms with E-state index in [1.54, 1.807) is 7.11 Å². The third kappa shape index (κ3) is 4.49. The molecule has 4 heteroatoms. The van der Waals surface area contributed by atoms with Crippen molar-refractivity contribution in [2.75, 3.05) is 26.9 Å². The highest BCUT2D eigenvalue weighted by molar-refractivity contribution is 5.36. The molecule has 1 aromatic rings. The summed E-state index contributed by atoms with van der Waals surface area (Å²) in [5.74, 6) is 0.845. The van der Waals surface area contributed by atoms with Gasteiger partial charge in [0, 0.05) is 18.8 Å². The Labute approximate surface area is 116 Å². The highest BCUT2D eigenvalue weighted by atomic mass is 16.7. The fraction of sp³-hybridized carbons (Fsp3) is 0.600. The molecule has 0 spiro atoms. The van der Waals surface area contributed by atoms with E-state index in [1.165, 1.54) is 0 Å². The maximum absolute atomic E-state index is 5.71. The van der Waals surface area contributed by atoms with Crippen LogP contribution in [0.25, 0.3) is 0 Å². The van der Waals surface area contributed by atoms with Gasteiger partial charge in [-0.1, -0.05) is 25.1 Å². The van der Waals surface area contributed by atoms with Crippen molar-refractivity contribution < 1.29 is 14.2 Å². The molecule has 1 rings (SSSR count). The van der Waals surface area contributed by atoms with Crippen molar-refractivity contribution in [3.8, 4) is 5.75 Å². The van der Waals surface area contributed by atoms with Crippen LogP contribution in [0.5, 0.6) is 5.75 Å². The first-order chi connectivity index (χ1) is 9.28. The largest absolute Gasteiger partial charge is 0.496 e. The summed E-state index contributed by atoms with van der Waals surface area (Å²) in [6.45, 7) is 8.06. The third-order valence-corrected chi connectivity index (χ3v) is 2.83. The highest BCUT2D eigenvalue weighted by Crippen LogP contribution is 2.28. The second-order valence-electron chi connectivity index (χ2n) is 4.06. The van der Waals surface area contributed by atoms with Crippen LogP contribution in [0.1, 0.15) is 32.4 Å². The minimum Gasteiger partial charge on any atom is -0.496 e.